The zero-order valence-electron chi connectivity index (χ0n) is 6.76. The van der Waals surface area contributed by atoms with E-state index in [1.165, 1.54) is 6.92 Å². The van der Waals surface area contributed by atoms with Gasteiger partial charge in [-0.25, -0.2) is 0 Å². The number of carbonyl (C=O) groups is 1. The molecule has 1 aliphatic heterocycles. The summed E-state index contributed by atoms with van der Waals surface area (Å²) >= 11 is 0. The molecular weight excluding hydrogens is 142 g/mol. The number of ether oxygens (including phenoxy) is 1. The Bertz CT molecular complexity index is 228. The van der Waals surface area contributed by atoms with Crippen LogP contribution in [-0.4, -0.2) is 24.6 Å². The van der Waals surface area contributed by atoms with Crippen LogP contribution in [0.15, 0.2) is 16.8 Å². The van der Waals surface area contributed by atoms with Gasteiger partial charge in [0, 0.05) is 13.0 Å². The van der Waals surface area contributed by atoms with Gasteiger partial charge in [-0.15, -0.1) is 0 Å². The number of nitrogens with zero attached hydrogens (tertiary/aromatic N) is 1. The van der Waals surface area contributed by atoms with Gasteiger partial charge in [0.25, 0.3) is 0 Å². The summed E-state index contributed by atoms with van der Waals surface area (Å²) in [4.78, 5) is 14.7. The van der Waals surface area contributed by atoms with Crippen molar-refractivity contribution in [2.75, 3.05) is 13.2 Å². The van der Waals surface area contributed by atoms with E-state index >= 15 is 0 Å². The van der Waals surface area contributed by atoms with Crippen LogP contribution in [0.1, 0.15) is 13.8 Å². The van der Waals surface area contributed by atoms with E-state index in [0.717, 1.165) is 5.76 Å². The molecule has 0 fully saturated rings. The maximum atomic E-state index is 10.8. The fourth-order valence-electron chi connectivity index (χ4n) is 0.893. The van der Waals surface area contributed by atoms with E-state index in [9.17, 15) is 4.79 Å². The highest BCUT2D eigenvalue weighted by Gasteiger charge is 2.11. The lowest BCUT2D eigenvalue weighted by atomic mass is 10.3. The molecule has 1 aliphatic rings. The Labute approximate surface area is 65.8 Å². The van der Waals surface area contributed by atoms with Crippen molar-refractivity contribution in [3.05, 3.63) is 11.8 Å². The molecule has 0 aromatic heterocycles. The predicted molar refractivity (Wildman–Crippen MR) is 42.7 cm³/mol. The Morgan fingerprint density at radius 2 is 2.55 bits per heavy atom. The van der Waals surface area contributed by atoms with Gasteiger partial charge in [0.2, 0.25) is 0 Å². The molecule has 1 heterocycles. The monoisotopic (exact) mass is 153 g/mol. The van der Waals surface area contributed by atoms with E-state index in [2.05, 4.69) is 4.99 Å². The Morgan fingerprint density at radius 1 is 1.82 bits per heavy atom. The lowest BCUT2D eigenvalue weighted by Gasteiger charge is -1.99. The molecule has 0 spiro atoms. The quantitative estimate of drug-likeness (QED) is 0.605. The highest BCUT2D eigenvalue weighted by molar-refractivity contribution is 6.44. The van der Waals surface area contributed by atoms with E-state index in [4.69, 9.17) is 4.74 Å². The van der Waals surface area contributed by atoms with E-state index in [0.29, 0.717) is 18.9 Å². The van der Waals surface area contributed by atoms with Crippen LogP contribution >= 0.6 is 0 Å². The normalized spacial score (nSPS) is 15.8. The van der Waals surface area contributed by atoms with Crippen molar-refractivity contribution in [2.45, 2.75) is 13.8 Å². The van der Waals surface area contributed by atoms with Crippen LogP contribution in [0.5, 0.6) is 0 Å². The standard InChI is InChI=1S/C8H11NO2/c1-3-11-7-4-8(6(2)10)9-5-7/h4H,3,5H2,1-2H3. The molecule has 0 aromatic carbocycles. The van der Waals surface area contributed by atoms with Gasteiger partial charge in [0.1, 0.15) is 11.5 Å². The van der Waals surface area contributed by atoms with Crippen molar-refractivity contribution >= 4 is 11.5 Å². The molecule has 3 heteroatoms. The lowest BCUT2D eigenvalue weighted by Crippen LogP contribution is -2.03. The van der Waals surface area contributed by atoms with E-state index in [-0.39, 0.29) is 5.78 Å². The zero-order chi connectivity index (χ0) is 8.27. The first kappa shape index (κ1) is 7.98. The Kier molecular flexibility index (Phi) is 2.41. The zero-order valence-corrected chi connectivity index (χ0v) is 6.76. The number of carbonyl (C=O) groups excluding carboxylic acids is 1. The van der Waals surface area contributed by atoms with Gasteiger partial charge in [-0.05, 0) is 6.92 Å². The number of rotatable bonds is 3. The first-order valence-electron chi connectivity index (χ1n) is 3.62. The molecule has 0 amide bonds. The maximum Gasteiger partial charge on any atom is 0.177 e. The minimum atomic E-state index is -0.000275. The average molecular weight is 153 g/mol. The van der Waals surface area contributed by atoms with E-state index in [1.54, 1.807) is 6.08 Å². The second-order valence-electron chi connectivity index (χ2n) is 2.30. The van der Waals surface area contributed by atoms with Crippen molar-refractivity contribution in [3.8, 4) is 0 Å². The number of hydrogen-bond acceptors (Lipinski definition) is 3. The average Bonchev–Trinajstić information content (AvgIpc) is 2.37. The SMILES string of the molecule is CCOC1=CC(C(C)=O)=NC1. The molecule has 0 saturated heterocycles. The molecule has 0 aromatic rings. The summed E-state index contributed by atoms with van der Waals surface area (Å²) in [5, 5.41) is 0. The van der Waals surface area contributed by atoms with Crippen LogP contribution in [0, 0.1) is 0 Å². The summed E-state index contributed by atoms with van der Waals surface area (Å²) in [6.45, 7) is 4.56. The molecule has 0 atom stereocenters. The van der Waals surface area contributed by atoms with Crippen LogP contribution in [0.4, 0.5) is 0 Å². The summed E-state index contributed by atoms with van der Waals surface area (Å²) in [5.41, 5.74) is 0.522. The van der Waals surface area contributed by atoms with Gasteiger partial charge >= 0.3 is 0 Å². The third kappa shape index (κ3) is 1.90. The lowest BCUT2D eigenvalue weighted by molar-refractivity contribution is -0.111. The Hall–Kier alpha value is -1.12. The molecule has 0 radical (unpaired) electrons. The van der Waals surface area contributed by atoms with Crippen LogP contribution < -0.4 is 0 Å². The minimum Gasteiger partial charge on any atom is -0.496 e. The molecule has 3 nitrogen and oxygen atoms in total. The summed E-state index contributed by atoms with van der Waals surface area (Å²) in [7, 11) is 0. The fraction of sp³-hybridized carbons (Fsp3) is 0.500. The second kappa shape index (κ2) is 3.32. The number of allylic oxidation sites excluding steroid dienone is 1. The number of aliphatic imine (C=N–C) groups is 1. The topological polar surface area (TPSA) is 38.7 Å². The smallest absolute Gasteiger partial charge is 0.177 e. The molecule has 0 unspecified atom stereocenters. The number of hydrogen-bond donors (Lipinski definition) is 0. The third-order valence-corrected chi connectivity index (χ3v) is 1.39. The maximum absolute atomic E-state index is 10.8. The molecule has 60 valence electrons. The first-order valence-corrected chi connectivity index (χ1v) is 3.62. The van der Waals surface area contributed by atoms with Crippen molar-refractivity contribution in [2.24, 2.45) is 4.99 Å². The van der Waals surface area contributed by atoms with Gasteiger partial charge in [0.05, 0.1) is 13.2 Å². The predicted octanol–water partition coefficient (Wildman–Crippen LogP) is 0.950. The van der Waals surface area contributed by atoms with Crippen molar-refractivity contribution < 1.29 is 9.53 Å². The van der Waals surface area contributed by atoms with Crippen LogP contribution in [-0.2, 0) is 9.53 Å². The van der Waals surface area contributed by atoms with Gasteiger partial charge in [-0.2, -0.15) is 0 Å². The molecular formula is C8H11NO2. The Balaban J connectivity index is 2.56. The third-order valence-electron chi connectivity index (χ3n) is 1.39. The highest BCUT2D eigenvalue weighted by atomic mass is 16.5. The second-order valence-corrected chi connectivity index (χ2v) is 2.30. The van der Waals surface area contributed by atoms with Crippen LogP contribution in [0.3, 0.4) is 0 Å². The summed E-state index contributed by atoms with van der Waals surface area (Å²) in [5.74, 6) is 0.789. The van der Waals surface area contributed by atoms with Crippen LogP contribution in [0.2, 0.25) is 0 Å². The number of Topliss-reactive ketones (excluding diaryl/α,β-unsaturated/α-hetero) is 1. The molecule has 1 rings (SSSR count). The Morgan fingerprint density at radius 3 is 3.00 bits per heavy atom. The molecule has 0 N–H and O–H groups in total. The van der Waals surface area contributed by atoms with Gasteiger partial charge in [0.15, 0.2) is 5.78 Å². The molecule has 0 saturated carbocycles. The van der Waals surface area contributed by atoms with Gasteiger partial charge in [-0.1, -0.05) is 0 Å². The highest BCUT2D eigenvalue weighted by Crippen LogP contribution is 2.06. The van der Waals surface area contributed by atoms with Gasteiger partial charge in [-0.3, -0.25) is 9.79 Å². The van der Waals surface area contributed by atoms with Crippen molar-refractivity contribution in [3.63, 3.8) is 0 Å². The van der Waals surface area contributed by atoms with Crippen LogP contribution in [0.25, 0.3) is 0 Å². The minimum absolute atomic E-state index is 0.000275. The largest absolute Gasteiger partial charge is 0.496 e. The van der Waals surface area contributed by atoms with Crippen molar-refractivity contribution in [1.29, 1.82) is 0 Å². The summed E-state index contributed by atoms with van der Waals surface area (Å²) in [6, 6.07) is 0. The first-order chi connectivity index (χ1) is 5.24. The van der Waals surface area contributed by atoms with E-state index < -0.39 is 0 Å². The van der Waals surface area contributed by atoms with Crippen molar-refractivity contribution in [1.82, 2.24) is 0 Å². The summed E-state index contributed by atoms with van der Waals surface area (Å²) in [6.07, 6.45) is 1.70. The van der Waals surface area contributed by atoms with Gasteiger partial charge < -0.3 is 4.74 Å². The fourth-order valence-corrected chi connectivity index (χ4v) is 0.893. The van der Waals surface area contributed by atoms with E-state index in [1.807, 2.05) is 6.92 Å². The molecule has 0 bridgehead atoms. The summed E-state index contributed by atoms with van der Waals surface area (Å²) < 4.78 is 5.18. The molecule has 0 aliphatic carbocycles. The number of ketones is 1. The molecule has 11 heavy (non-hydrogen) atoms.